The second kappa shape index (κ2) is 5.73. The van der Waals surface area contributed by atoms with E-state index in [0.717, 1.165) is 23.2 Å². The second-order valence-corrected chi connectivity index (χ2v) is 7.91. The molecule has 0 aromatic carbocycles. The van der Waals surface area contributed by atoms with Crippen LogP contribution in [0.5, 0.6) is 0 Å². The number of piperidine rings is 1. The molecule has 0 bridgehead atoms. The Morgan fingerprint density at radius 2 is 1.68 bits per heavy atom. The number of likely N-dealkylation sites (tertiary alicyclic amines) is 1. The second-order valence-electron chi connectivity index (χ2n) is 7.91. The van der Waals surface area contributed by atoms with Crippen molar-refractivity contribution in [1.82, 2.24) is 10.2 Å². The van der Waals surface area contributed by atoms with Crippen molar-refractivity contribution >= 4 is 0 Å². The van der Waals surface area contributed by atoms with Gasteiger partial charge >= 0.3 is 0 Å². The van der Waals surface area contributed by atoms with Crippen molar-refractivity contribution in [3.63, 3.8) is 0 Å². The van der Waals surface area contributed by atoms with Crippen molar-refractivity contribution in [2.45, 2.75) is 52.4 Å². The summed E-state index contributed by atoms with van der Waals surface area (Å²) in [6.07, 6.45) is 9.02. The molecule has 1 spiro atoms. The van der Waals surface area contributed by atoms with E-state index in [4.69, 9.17) is 0 Å². The zero-order chi connectivity index (χ0) is 13.3. The molecular formula is C17H32N2. The van der Waals surface area contributed by atoms with Crippen molar-refractivity contribution in [3.8, 4) is 0 Å². The Bertz CT molecular complexity index is 278. The lowest BCUT2D eigenvalue weighted by atomic mass is 9.64. The minimum atomic E-state index is 0.750. The van der Waals surface area contributed by atoms with Gasteiger partial charge in [0.25, 0.3) is 0 Å². The van der Waals surface area contributed by atoms with E-state index in [-0.39, 0.29) is 0 Å². The van der Waals surface area contributed by atoms with Gasteiger partial charge in [0.2, 0.25) is 0 Å². The number of hydrogen-bond acceptors (Lipinski definition) is 2. The molecule has 1 saturated carbocycles. The normalized spacial score (nSPS) is 29.8. The summed E-state index contributed by atoms with van der Waals surface area (Å²) in [6, 6.07) is 0. The molecule has 3 fully saturated rings. The van der Waals surface area contributed by atoms with Crippen LogP contribution >= 0.6 is 0 Å². The zero-order valence-electron chi connectivity index (χ0n) is 13.0. The third-order valence-corrected chi connectivity index (χ3v) is 6.33. The summed E-state index contributed by atoms with van der Waals surface area (Å²) in [6.45, 7) is 11.5. The molecule has 3 rings (SSSR count). The van der Waals surface area contributed by atoms with E-state index in [2.05, 4.69) is 24.1 Å². The summed E-state index contributed by atoms with van der Waals surface area (Å²) in [5.74, 6) is 2.87. The van der Waals surface area contributed by atoms with E-state index in [1.807, 2.05) is 0 Å². The molecule has 0 radical (unpaired) electrons. The minimum Gasteiger partial charge on any atom is -0.316 e. The fourth-order valence-electron chi connectivity index (χ4n) is 4.47. The molecule has 0 unspecified atom stereocenters. The lowest BCUT2D eigenvalue weighted by Crippen LogP contribution is -2.51. The standard InChI is InChI=1S/C17H32N2/c1-14(2)16-3-5-17(6-4-16)7-9-19(10-8-17)13-15-11-18-12-15/h14-16,18H,3-13H2,1-2H3. The van der Waals surface area contributed by atoms with E-state index in [1.165, 1.54) is 71.2 Å². The highest BCUT2D eigenvalue weighted by molar-refractivity contribution is 4.91. The van der Waals surface area contributed by atoms with Crippen LogP contribution < -0.4 is 5.32 Å². The summed E-state index contributed by atoms with van der Waals surface area (Å²) in [5, 5.41) is 3.40. The average molecular weight is 264 g/mol. The molecule has 1 aliphatic carbocycles. The lowest BCUT2D eigenvalue weighted by molar-refractivity contribution is 0.0348. The highest BCUT2D eigenvalue weighted by Gasteiger charge is 2.38. The molecule has 2 heterocycles. The third-order valence-electron chi connectivity index (χ3n) is 6.33. The van der Waals surface area contributed by atoms with E-state index >= 15 is 0 Å². The highest BCUT2D eigenvalue weighted by atomic mass is 15.1. The molecule has 0 aromatic rings. The number of nitrogens with zero attached hydrogens (tertiary/aromatic N) is 1. The van der Waals surface area contributed by atoms with E-state index in [0.29, 0.717) is 0 Å². The van der Waals surface area contributed by atoms with Crippen molar-refractivity contribution in [3.05, 3.63) is 0 Å². The minimum absolute atomic E-state index is 0.750. The summed E-state index contributed by atoms with van der Waals surface area (Å²) in [5.41, 5.74) is 0.750. The van der Waals surface area contributed by atoms with Crippen LogP contribution in [0.3, 0.4) is 0 Å². The summed E-state index contributed by atoms with van der Waals surface area (Å²) in [4.78, 5) is 2.74. The molecule has 0 atom stereocenters. The third kappa shape index (κ3) is 3.16. The van der Waals surface area contributed by atoms with Crippen LogP contribution in [0, 0.1) is 23.2 Å². The first-order valence-electron chi connectivity index (χ1n) is 8.60. The highest BCUT2D eigenvalue weighted by Crippen LogP contribution is 2.47. The van der Waals surface area contributed by atoms with E-state index in [9.17, 15) is 0 Å². The van der Waals surface area contributed by atoms with E-state index < -0.39 is 0 Å². The SMILES string of the molecule is CC(C)C1CCC2(CC1)CCN(CC1CNC1)CC2. The van der Waals surface area contributed by atoms with Gasteiger partial charge in [-0.3, -0.25) is 0 Å². The average Bonchev–Trinajstić information content (AvgIpc) is 2.37. The Kier molecular flexibility index (Phi) is 4.19. The summed E-state index contributed by atoms with van der Waals surface area (Å²) < 4.78 is 0. The van der Waals surface area contributed by atoms with Gasteiger partial charge in [0.1, 0.15) is 0 Å². The van der Waals surface area contributed by atoms with Crippen LogP contribution in [-0.4, -0.2) is 37.6 Å². The maximum absolute atomic E-state index is 3.40. The van der Waals surface area contributed by atoms with Crippen molar-refractivity contribution in [2.24, 2.45) is 23.2 Å². The Morgan fingerprint density at radius 3 is 2.16 bits per heavy atom. The Hall–Kier alpha value is -0.0800. The number of rotatable bonds is 3. The number of hydrogen-bond donors (Lipinski definition) is 1. The van der Waals surface area contributed by atoms with Crippen LogP contribution in [0.25, 0.3) is 0 Å². The quantitative estimate of drug-likeness (QED) is 0.842. The largest absolute Gasteiger partial charge is 0.316 e. The molecule has 2 nitrogen and oxygen atoms in total. The molecule has 2 aliphatic heterocycles. The first kappa shape index (κ1) is 13.9. The first-order chi connectivity index (χ1) is 9.17. The maximum atomic E-state index is 3.40. The van der Waals surface area contributed by atoms with Crippen molar-refractivity contribution in [1.29, 1.82) is 0 Å². The predicted octanol–water partition coefficient (Wildman–Crippen LogP) is 3.13. The topological polar surface area (TPSA) is 15.3 Å². The van der Waals surface area contributed by atoms with Crippen molar-refractivity contribution < 1.29 is 0 Å². The van der Waals surface area contributed by atoms with Crippen LogP contribution in [0.1, 0.15) is 52.4 Å². The lowest BCUT2D eigenvalue weighted by Gasteiger charge is -2.47. The van der Waals surface area contributed by atoms with Crippen LogP contribution in [0.15, 0.2) is 0 Å². The van der Waals surface area contributed by atoms with Crippen LogP contribution in [0.2, 0.25) is 0 Å². The molecule has 19 heavy (non-hydrogen) atoms. The predicted molar refractivity (Wildman–Crippen MR) is 81.3 cm³/mol. The van der Waals surface area contributed by atoms with Gasteiger partial charge in [-0.2, -0.15) is 0 Å². The van der Waals surface area contributed by atoms with Crippen molar-refractivity contribution in [2.75, 3.05) is 32.7 Å². The Balaban J connectivity index is 1.44. The molecule has 3 aliphatic rings. The van der Waals surface area contributed by atoms with Gasteiger partial charge in [0.15, 0.2) is 0 Å². The van der Waals surface area contributed by atoms with Gasteiger partial charge in [0.05, 0.1) is 0 Å². The maximum Gasteiger partial charge on any atom is 0.00340 e. The van der Waals surface area contributed by atoms with Gasteiger partial charge in [-0.25, -0.2) is 0 Å². The molecular weight excluding hydrogens is 232 g/mol. The fourth-order valence-corrected chi connectivity index (χ4v) is 4.47. The van der Waals surface area contributed by atoms with Crippen LogP contribution in [0.4, 0.5) is 0 Å². The van der Waals surface area contributed by atoms with Gasteiger partial charge < -0.3 is 10.2 Å². The summed E-state index contributed by atoms with van der Waals surface area (Å²) >= 11 is 0. The molecule has 110 valence electrons. The molecule has 2 heteroatoms. The smallest absolute Gasteiger partial charge is 0.00340 e. The monoisotopic (exact) mass is 264 g/mol. The zero-order valence-corrected chi connectivity index (χ0v) is 13.0. The van der Waals surface area contributed by atoms with Gasteiger partial charge in [-0.05, 0) is 74.8 Å². The fraction of sp³-hybridized carbons (Fsp3) is 1.00. The molecule has 1 N–H and O–H groups in total. The van der Waals surface area contributed by atoms with E-state index in [1.54, 1.807) is 0 Å². The van der Waals surface area contributed by atoms with Gasteiger partial charge in [-0.15, -0.1) is 0 Å². The molecule has 0 aromatic heterocycles. The Morgan fingerprint density at radius 1 is 1.05 bits per heavy atom. The summed E-state index contributed by atoms with van der Waals surface area (Å²) in [7, 11) is 0. The number of nitrogens with one attached hydrogen (secondary N) is 1. The van der Waals surface area contributed by atoms with Gasteiger partial charge in [-0.1, -0.05) is 13.8 Å². The molecule has 2 saturated heterocycles. The first-order valence-corrected chi connectivity index (χ1v) is 8.60. The van der Waals surface area contributed by atoms with Crippen LogP contribution in [-0.2, 0) is 0 Å². The molecule has 0 amide bonds. The Labute approximate surface area is 119 Å². The van der Waals surface area contributed by atoms with Gasteiger partial charge in [0, 0.05) is 19.6 Å².